The zero-order chi connectivity index (χ0) is 22.6. The molecular weight excluding hydrogens is 437 g/mol. The van der Waals surface area contributed by atoms with Gasteiger partial charge in [0.2, 0.25) is 0 Å². The third-order valence-electron chi connectivity index (χ3n) is 6.34. The zero-order valence-electron chi connectivity index (χ0n) is 18.4. The summed E-state index contributed by atoms with van der Waals surface area (Å²) in [4.78, 5) is 9.33. The lowest BCUT2D eigenvalue weighted by Crippen LogP contribution is -2.39. The van der Waals surface area contributed by atoms with Gasteiger partial charge < -0.3 is 19.5 Å². The van der Waals surface area contributed by atoms with Crippen molar-refractivity contribution in [1.29, 1.82) is 0 Å². The number of hydrogen-bond acceptors (Lipinski definition) is 4. The van der Waals surface area contributed by atoms with Crippen LogP contribution in [-0.2, 0) is 4.74 Å². The van der Waals surface area contributed by atoms with Crippen molar-refractivity contribution in [3.8, 4) is 5.69 Å². The molecule has 172 valence electrons. The van der Waals surface area contributed by atoms with Crippen LogP contribution in [-0.4, -0.2) is 63.9 Å². The van der Waals surface area contributed by atoms with Crippen molar-refractivity contribution in [1.82, 2.24) is 24.7 Å². The van der Waals surface area contributed by atoms with E-state index in [4.69, 9.17) is 17.0 Å². The Kier molecular flexibility index (Phi) is 6.66. The van der Waals surface area contributed by atoms with Crippen molar-refractivity contribution in [2.24, 2.45) is 0 Å². The van der Waals surface area contributed by atoms with Crippen molar-refractivity contribution in [3.05, 3.63) is 84.2 Å². The van der Waals surface area contributed by atoms with Crippen LogP contribution in [0.4, 0.5) is 4.39 Å². The van der Waals surface area contributed by atoms with Crippen molar-refractivity contribution < 1.29 is 9.13 Å². The van der Waals surface area contributed by atoms with E-state index in [0.29, 0.717) is 0 Å². The predicted molar refractivity (Wildman–Crippen MR) is 130 cm³/mol. The van der Waals surface area contributed by atoms with Crippen LogP contribution in [0.5, 0.6) is 0 Å². The first-order valence-electron chi connectivity index (χ1n) is 11.4. The van der Waals surface area contributed by atoms with Crippen molar-refractivity contribution in [2.45, 2.75) is 18.5 Å². The van der Waals surface area contributed by atoms with Crippen LogP contribution in [0.3, 0.4) is 0 Å². The van der Waals surface area contributed by atoms with Crippen molar-refractivity contribution >= 4 is 17.3 Å². The summed E-state index contributed by atoms with van der Waals surface area (Å²) in [5.41, 5.74) is 2.78. The van der Waals surface area contributed by atoms with Gasteiger partial charge in [-0.1, -0.05) is 12.1 Å². The summed E-state index contributed by atoms with van der Waals surface area (Å²) in [5, 5.41) is 4.24. The molecule has 1 N–H and O–H groups in total. The van der Waals surface area contributed by atoms with Gasteiger partial charge in [0.05, 0.1) is 31.0 Å². The van der Waals surface area contributed by atoms with Crippen LogP contribution in [0.25, 0.3) is 5.69 Å². The van der Waals surface area contributed by atoms with E-state index in [-0.39, 0.29) is 17.9 Å². The number of ether oxygens (including phenoxy) is 1. The van der Waals surface area contributed by atoms with Gasteiger partial charge in [-0.2, -0.15) is 0 Å². The first-order valence-corrected chi connectivity index (χ1v) is 11.8. The van der Waals surface area contributed by atoms with Gasteiger partial charge in [-0.15, -0.1) is 0 Å². The molecule has 33 heavy (non-hydrogen) atoms. The molecule has 4 heterocycles. The van der Waals surface area contributed by atoms with Crippen LogP contribution >= 0.6 is 12.2 Å². The van der Waals surface area contributed by atoms with Crippen LogP contribution in [0, 0.1) is 5.82 Å². The maximum absolute atomic E-state index is 14.0. The largest absolute Gasteiger partial charge is 0.379 e. The number of nitrogens with one attached hydrogen (secondary N) is 1. The second-order valence-corrected chi connectivity index (χ2v) is 8.80. The highest BCUT2D eigenvalue weighted by Crippen LogP contribution is 2.39. The second kappa shape index (κ2) is 9.99. The molecule has 8 heteroatoms. The molecule has 2 aromatic heterocycles. The molecule has 0 bridgehead atoms. The lowest BCUT2D eigenvalue weighted by atomic mass is 10.0. The quantitative estimate of drug-likeness (QED) is 0.537. The minimum atomic E-state index is -0.254. The Bertz CT molecular complexity index is 1090. The number of morpholine rings is 1. The summed E-state index contributed by atoms with van der Waals surface area (Å²) in [6.07, 6.45) is 4.78. The Morgan fingerprint density at radius 3 is 2.73 bits per heavy atom. The number of halogens is 1. The topological polar surface area (TPSA) is 45.6 Å². The first kappa shape index (κ1) is 22.0. The molecule has 0 amide bonds. The summed E-state index contributed by atoms with van der Waals surface area (Å²) < 4.78 is 21.5. The van der Waals surface area contributed by atoms with E-state index in [9.17, 15) is 4.39 Å². The van der Waals surface area contributed by atoms with Gasteiger partial charge in [0.25, 0.3) is 0 Å². The summed E-state index contributed by atoms with van der Waals surface area (Å²) in [7, 11) is 0. The van der Waals surface area contributed by atoms with Crippen molar-refractivity contribution in [3.63, 3.8) is 0 Å². The van der Waals surface area contributed by atoms with Gasteiger partial charge in [-0.3, -0.25) is 9.88 Å². The van der Waals surface area contributed by atoms with Gasteiger partial charge in [-0.25, -0.2) is 4.39 Å². The minimum Gasteiger partial charge on any atom is -0.379 e. The smallest absolute Gasteiger partial charge is 0.170 e. The Labute approximate surface area is 199 Å². The van der Waals surface area contributed by atoms with Gasteiger partial charge in [0.15, 0.2) is 5.11 Å². The summed E-state index contributed by atoms with van der Waals surface area (Å²) in [6, 6.07) is 16.6. The monoisotopic (exact) mass is 465 g/mol. The first-order chi connectivity index (χ1) is 16.2. The average molecular weight is 466 g/mol. The Hall–Kier alpha value is -2.81. The predicted octanol–water partition coefficient (Wildman–Crippen LogP) is 3.71. The standard InChI is InChI=1S/C25H28FN5OS/c26-19-6-3-7-20(18-19)30-12-4-9-22(30)24-23(21-8-1-2-10-27-21)28-25(33)31(24)13-5-11-29-14-16-32-17-15-29/h1-4,6-10,12,18,23-24H,5,11,13-17H2,(H,28,33)/t23-,24+/m1/s1. The van der Waals surface area contributed by atoms with Crippen LogP contribution in [0.1, 0.15) is 29.9 Å². The molecule has 2 fully saturated rings. The van der Waals surface area contributed by atoms with E-state index in [1.54, 1.807) is 12.1 Å². The molecule has 5 rings (SSSR count). The fraction of sp³-hybridized carbons (Fsp3) is 0.360. The van der Waals surface area contributed by atoms with Crippen LogP contribution in [0.2, 0.25) is 0 Å². The number of thiocarbonyl (C=S) groups is 1. The number of rotatable bonds is 7. The van der Waals surface area contributed by atoms with E-state index in [0.717, 1.165) is 68.0 Å². The zero-order valence-corrected chi connectivity index (χ0v) is 19.3. The molecule has 0 radical (unpaired) electrons. The van der Waals surface area contributed by atoms with E-state index in [1.165, 1.54) is 6.07 Å². The number of benzene rings is 1. The molecule has 3 aromatic rings. The molecule has 1 aromatic carbocycles. The van der Waals surface area contributed by atoms with Crippen LogP contribution < -0.4 is 5.32 Å². The number of nitrogens with zero attached hydrogens (tertiary/aromatic N) is 4. The molecule has 2 saturated heterocycles. The number of pyridine rings is 1. The molecule has 0 saturated carbocycles. The van der Waals surface area contributed by atoms with Gasteiger partial charge in [0.1, 0.15) is 5.82 Å². The number of hydrogen-bond donors (Lipinski definition) is 1. The second-order valence-electron chi connectivity index (χ2n) is 8.41. The summed E-state index contributed by atoms with van der Waals surface area (Å²) >= 11 is 5.80. The lowest BCUT2D eigenvalue weighted by Gasteiger charge is -2.31. The SMILES string of the molecule is Fc1cccc(-n2cccc2[C@H]2[C@@H](c3ccccn3)NC(=S)N2CCCN2CCOCC2)c1. The van der Waals surface area contributed by atoms with Crippen LogP contribution in [0.15, 0.2) is 67.0 Å². The van der Waals surface area contributed by atoms with E-state index >= 15 is 0 Å². The molecule has 0 spiro atoms. The molecule has 2 aliphatic heterocycles. The molecule has 6 nitrogen and oxygen atoms in total. The average Bonchev–Trinajstić information content (AvgIpc) is 3.45. The molecule has 0 unspecified atom stereocenters. The van der Waals surface area contributed by atoms with Gasteiger partial charge >= 0.3 is 0 Å². The summed E-state index contributed by atoms with van der Waals surface area (Å²) in [5.74, 6) is -0.254. The highest BCUT2D eigenvalue weighted by Gasteiger charge is 2.41. The van der Waals surface area contributed by atoms with E-state index in [1.807, 2.05) is 47.3 Å². The van der Waals surface area contributed by atoms with E-state index in [2.05, 4.69) is 26.2 Å². The van der Waals surface area contributed by atoms with Gasteiger partial charge in [0, 0.05) is 50.0 Å². The lowest BCUT2D eigenvalue weighted by molar-refractivity contribution is 0.0365. The third kappa shape index (κ3) is 4.78. The molecule has 2 atom stereocenters. The number of aromatic nitrogens is 2. The van der Waals surface area contributed by atoms with Crippen molar-refractivity contribution in [2.75, 3.05) is 39.4 Å². The maximum Gasteiger partial charge on any atom is 0.170 e. The molecule has 0 aliphatic carbocycles. The van der Waals surface area contributed by atoms with Gasteiger partial charge in [-0.05, 0) is 61.1 Å². The van der Waals surface area contributed by atoms with E-state index < -0.39 is 0 Å². The highest BCUT2D eigenvalue weighted by molar-refractivity contribution is 7.80. The molecular formula is C25H28FN5OS. The Balaban J connectivity index is 1.45. The Morgan fingerprint density at radius 1 is 1.06 bits per heavy atom. The summed E-state index contributed by atoms with van der Waals surface area (Å²) in [6.45, 7) is 5.39. The Morgan fingerprint density at radius 2 is 1.94 bits per heavy atom. The normalized spacial score (nSPS) is 21.4. The minimum absolute atomic E-state index is 0.0599. The fourth-order valence-electron chi connectivity index (χ4n) is 4.75. The fourth-order valence-corrected chi connectivity index (χ4v) is 5.09. The highest BCUT2D eigenvalue weighted by atomic mass is 32.1. The molecule has 2 aliphatic rings. The maximum atomic E-state index is 14.0. The third-order valence-corrected chi connectivity index (χ3v) is 6.70.